The quantitative estimate of drug-likeness (QED) is 0.107. The summed E-state index contributed by atoms with van der Waals surface area (Å²) < 4.78 is 21.7. The van der Waals surface area contributed by atoms with Crippen LogP contribution in [0.2, 0.25) is 0 Å². The van der Waals surface area contributed by atoms with Gasteiger partial charge in [0.1, 0.15) is 19.3 Å². The molecule has 0 radical (unpaired) electrons. The molecule has 1 aliphatic rings. The lowest BCUT2D eigenvalue weighted by atomic mass is 9.98. The Morgan fingerprint density at radius 2 is 1.35 bits per heavy atom. The number of rotatable bonds is 19. The molecule has 0 aromatic heterocycles. The van der Waals surface area contributed by atoms with Crippen LogP contribution in [-0.4, -0.2) is 87.4 Å². The van der Waals surface area contributed by atoms with E-state index in [-0.39, 0.29) is 56.9 Å². The summed E-state index contributed by atoms with van der Waals surface area (Å²) in [6.45, 7) is 5.61. The summed E-state index contributed by atoms with van der Waals surface area (Å²) >= 11 is 0. The van der Waals surface area contributed by atoms with E-state index in [0.29, 0.717) is 26.4 Å². The molecule has 0 spiro atoms. The van der Waals surface area contributed by atoms with Gasteiger partial charge in [0.15, 0.2) is 6.10 Å². The molecule has 266 valence electrons. The molecule has 0 aliphatic heterocycles. The third-order valence-electron chi connectivity index (χ3n) is 8.01. The number of ether oxygens (including phenoxy) is 4. The fraction of sp³-hybridized carbons (Fsp3) is 0.432. The summed E-state index contributed by atoms with van der Waals surface area (Å²) in [5.41, 5.74) is 10.5. The first-order valence-electron chi connectivity index (χ1n) is 16.4. The summed E-state index contributed by atoms with van der Waals surface area (Å²) in [7, 11) is 0. The highest BCUT2D eigenvalue weighted by Gasteiger charge is 2.33. The average Bonchev–Trinajstić information content (AvgIpc) is 3.41. The maximum atomic E-state index is 13.4. The minimum absolute atomic E-state index is 0. The van der Waals surface area contributed by atoms with Gasteiger partial charge in [-0.1, -0.05) is 92.7 Å². The maximum Gasteiger partial charge on any atom is 0.407 e. The number of carbonyl (C=O) groups excluding carboxylic acids is 3. The van der Waals surface area contributed by atoms with Gasteiger partial charge in [0.05, 0.1) is 32.5 Å². The number of hydrogen-bond acceptors (Lipinski definition) is 9. The van der Waals surface area contributed by atoms with Crippen molar-refractivity contribution in [1.29, 1.82) is 0 Å². The van der Waals surface area contributed by atoms with Crippen molar-refractivity contribution in [3.63, 3.8) is 0 Å². The molecule has 0 saturated carbocycles. The third-order valence-corrected chi connectivity index (χ3v) is 8.01. The van der Waals surface area contributed by atoms with Crippen LogP contribution in [0.1, 0.15) is 42.9 Å². The molecule has 0 bridgehead atoms. The van der Waals surface area contributed by atoms with Crippen LogP contribution in [0, 0.1) is 5.92 Å². The molecule has 0 heterocycles. The molecule has 3 aromatic rings. The highest BCUT2D eigenvalue weighted by Crippen LogP contribution is 2.44. The van der Waals surface area contributed by atoms with E-state index in [1.165, 1.54) is 0 Å². The van der Waals surface area contributed by atoms with Gasteiger partial charge in [0.25, 0.3) is 5.91 Å². The Labute approximate surface area is 294 Å². The zero-order valence-corrected chi connectivity index (χ0v) is 28.9. The van der Waals surface area contributed by atoms with Crippen molar-refractivity contribution in [2.24, 2.45) is 11.7 Å². The molecule has 12 heteroatoms. The van der Waals surface area contributed by atoms with Gasteiger partial charge in [-0.3, -0.25) is 4.79 Å². The highest BCUT2D eigenvalue weighted by molar-refractivity contribution is 5.88. The molecule has 0 unspecified atom stereocenters. The van der Waals surface area contributed by atoms with Gasteiger partial charge in [0.2, 0.25) is 0 Å². The molecule has 2 amide bonds. The summed E-state index contributed by atoms with van der Waals surface area (Å²) in [4.78, 5) is 39.5. The number of nitrogens with two attached hydrogens (primary N) is 1. The van der Waals surface area contributed by atoms with E-state index in [4.69, 9.17) is 24.7 Å². The van der Waals surface area contributed by atoms with Crippen molar-refractivity contribution in [3.05, 3.63) is 95.6 Å². The molecule has 0 saturated heterocycles. The van der Waals surface area contributed by atoms with Crippen LogP contribution in [0.5, 0.6) is 0 Å². The van der Waals surface area contributed by atoms with Crippen LogP contribution in [0.4, 0.5) is 4.79 Å². The van der Waals surface area contributed by atoms with E-state index in [2.05, 4.69) is 22.8 Å². The van der Waals surface area contributed by atoms with Crippen molar-refractivity contribution in [1.82, 2.24) is 10.6 Å². The summed E-state index contributed by atoms with van der Waals surface area (Å²) in [6, 6.07) is 23.2. The summed E-state index contributed by atoms with van der Waals surface area (Å²) in [6.07, 6.45) is -2.03. The number of amides is 2. The Morgan fingerprint density at radius 3 is 1.96 bits per heavy atom. The second-order valence-electron chi connectivity index (χ2n) is 12.1. The van der Waals surface area contributed by atoms with Gasteiger partial charge in [0, 0.05) is 12.5 Å². The molecule has 5 N–H and O–H groups in total. The Balaban J connectivity index is 0.00000650. The molecule has 49 heavy (non-hydrogen) atoms. The van der Waals surface area contributed by atoms with Gasteiger partial charge >= 0.3 is 12.1 Å². The fourth-order valence-corrected chi connectivity index (χ4v) is 5.73. The number of aliphatic hydroxyl groups is 1. The molecular weight excluding hydrogens is 650 g/mol. The van der Waals surface area contributed by atoms with Gasteiger partial charge in [-0.05, 0) is 46.6 Å². The van der Waals surface area contributed by atoms with Crippen molar-refractivity contribution >= 4 is 30.4 Å². The van der Waals surface area contributed by atoms with E-state index in [1.807, 2.05) is 80.6 Å². The zero-order chi connectivity index (χ0) is 34.3. The van der Waals surface area contributed by atoms with E-state index in [1.54, 1.807) is 0 Å². The van der Waals surface area contributed by atoms with E-state index in [9.17, 15) is 19.5 Å². The van der Waals surface area contributed by atoms with Crippen LogP contribution in [0.3, 0.4) is 0 Å². The van der Waals surface area contributed by atoms with Gasteiger partial charge < -0.3 is 40.4 Å². The number of aliphatic hydroxyl groups excluding tert-OH is 1. The van der Waals surface area contributed by atoms with Gasteiger partial charge in [-0.15, -0.1) is 12.4 Å². The van der Waals surface area contributed by atoms with Crippen LogP contribution in [-0.2, 0) is 35.0 Å². The SMILES string of the molecule is CC(C)C[C@H](NC(=O)[C@@H](O)[C@@H](Cc1ccccc1)NC(=O)OCC1c2ccccc2-c2ccccc21)C(=O)OCCOCCOCCN.Cl. The summed E-state index contributed by atoms with van der Waals surface area (Å²) in [5, 5.41) is 16.6. The normalized spacial score (nSPS) is 13.7. The number of benzene rings is 3. The van der Waals surface area contributed by atoms with Crippen molar-refractivity contribution < 1.29 is 38.4 Å². The Bertz CT molecular complexity index is 1430. The topological polar surface area (TPSA) is 158 Å². The van der Waals surface area contributed by atoms with Crippen molar-refractivity contribution in [2.75, 3.05) is 46.2 Å². The highest BCUT2D eigenvalue weighted by atomic mass is 35.5. The van der Waals surface area contributed by atoms with Gasteiger partial charge in [-0.2, -0.15) is 0 Å². The second-order valence-corrected chi connectivity index (χ2v) is 12.1. The standard InChI is InChI=1S/C37H47N3O8.ClH/c1-25(2)22-33(36(43)47-21-20-46-19-18-45-17-16-38)39-35(42)34(41)32(23-26-10-4-3-5-11-26)40-37(44)48-24-31-29-14-8-6-12-27(29)28-13-7-9-15-30(28)31;/h3-15,25,31-34,41H,16-24,38H2,1-2H3,(H,39,42)(H,40,44);1H/t32-,33+,34+;/m1./s1. The third kappa shape index (κ3) is 11.8. The minimum atomic E-state index is -1.69. The number of halogens is 1. The average molecular weight is 698 g/mol. The predicted molar refractivity (Wildman–Crippen MR) is 188 cm³/mol. The lowest BCUT2D eigenvalue weighted by Gasteiger charge is -2.26. The van der Waals surface area contributed by atoms with E-state index >= 15 is 0 Å². The monoisotopic (exact) mass is 697 g/mol. The minimum Gasteiger partial charge on any atom is -0.462 e. The first-order chi connectivity index (χ1) is 23.3. The predicted octanol–water partition coefficient (Wildman–Crippen LogP) is 3.99. The molecule has 4 rings (SSSR count). The molecule has 3 atom stereocenters. The number of nitrogens with one attached hydrogen (secondary N) is 2. The molecule has 1 aliphatic carbocycles. The van der Waals surface area contributed by atoms with Crippen molar-refractivity contribution in [3.8, 4) is 11.1 Å². The number of esters is 1. The number of carbonyl (C=O) groups is 3. The summed E-state index contributed by atoms with van der Waals surface area (Å²) in [5.74, 6) is -1.57. The maximum absolute atomic E-state index is 13.4. The lowest BCUT2D eigenvalue weighted by molar-refractivity contribution is -0.151. The van der Waals surface area contributed by atoms with Crippen LogP contribution < -0.4 is 16.4 Å². The Hall–Kier alpha value is -4.00. The van der Waals surface area contributed by atoms with Crippen LogP contribution in [0.15, 0.2) is 78.9 Å². The molecular formula is C37H48ClN3O8. The van der Waals surface area contributed by atoms with Crippen LogP contribution >= 0.6 is 12.4 Å². The molecule has 0 fully saturated rings. The van der Waals surface area contributed by atoms with Crippen molar-refractivity contribution in [2.45, 2.75) is 50.8 Å². The fourth-order valence-electron chi connectivity index (χ4n) is 5.73. The number of hydrogen-bond donors (Lipinski definition) is 4. The first-order valence-corrected chi connectivity index (χ1v) is 16.4. The number of fused-ring (bicyclic) bond motifs is 3. The first kappa shape index (κ1) is 39.4. The molecule has 11 nitrogen and oxygen atoms in total. The van der Waals surface area contributed by atoms with E-state index in [0.717, 1.165) is 27.8 Å². The zero-order valence-electron chi connectivity index (χ0n) is 28.0. The Kier molecular flexibility index (Phi) is 16.5. The Morgan fingerprint density at radius 1 is 0.776 bits per heavy atom. The van der Waals surface area contributed by atoms with Crippen LogP contribution in [0.25, 0.3) is 11.1 Å². The smallest absolute Gasteiger partial charge is 0.407 e. The molecule has 3 aromatic carbocycles. The second kappa shape index (κ2) is 20.5. The largest absolute Gasteiger partial charge is 0.462 e. The van der Waals surface area contributed by atoms with E-state index < -0.39 is 36.2 Å². The number of alkyl carbamates (subject to hydrolysis) is 1. The lowest BCUT2D eigenvalue weighted by Crippen LogP contribution is -2.55. The van der Waals surface area contributed by atoms with Gasteiger partial charge in [-0.25, -0.2) is 9.59 Å².